The summed E-state index contributed by atoms with van der Waals surface area (Å²) in [6.07, 6.45) is 0.0723. The Hall–Kier alpha value is -1.78. The number of aliphatic carboxylic acids is 1. The number of thioether (sulfide) groups is 1. The molecule has 0 bridgehead atoms. The van der Waals surface area contributed by atoms with Crippen LogP contribution in [0.3, 0.4) is 0 Å². The summed E-state index contributed by atoms with van der Waals surface area (Å²) in [4.78, 5) is 12.0. The number of hydrogen-bond donors (Lipinski definition) is 2. The van der Waals surface area contributed by atoms with E-state index in [2.05, 4.69) is 0 Å². The summed E-state index contributed by atoms with van der Waals surface area (Å²) in [5.41, 5.74) is 8.63. The largest absolute Gasteiger partial charge is 0.481 e. The Kier molecular flexibility index (Phi) is 5.21. The summed E-state index contributed by atoms with van der Waals surface area (Å²) in [5.74, 6) is -0.0273. The van der Waals surface area contributed by atoms with Crippen LogP contribution in [0.4, 0.5) is 0 Å². The van der Waals surface area contributed by atoms with Crippen LogP contribution in [-0.4, -0.2) is 11.1 Å². The monoisotopic (exact) mass is 287 g/mol. The highest BCUT2D eigenvalue weighted by atomic mass is 32.2. The minimum atomic E-state index is -0.797. The van der Waals surface area contributed by atoms with Crippen molar-refractivity contribution in [3.05, 3.63) is 65.2 Å². The van der Waals surface area contributed by atoms with Crippen molar-refractivity contribution in [2.75, 3.05) is 0 Å². The number of benzene rings is 2. The predicted octanol–water partition coefficient (Wildman–Crippen LogP) is 3.06. The van der Waals surface area contributed by atoms with Crippen LogP contribution in [0.15, 0.2) is 53.4 Å². The molecule has 0 aliphatic rings. The van der Waals surface area contributed by atoms with Crippen molar-refractivity contribution < 1.29 is 9.90 Å². The Labute approximate surface area is 122 Å². The van der Waals surface area contributed by atoms with Crippen molar-refractivity contribution in [1.29, 1.82) is 0 Å². The van der Waals surface area contributed by atoms with Gasteiger partial charge in [-0.1, -0.05) is 36.4 Å². The molecule has 0 saturated carbocycles. The Morgan fingerprint density at radius 3 is 2.30 bits per heavy atom. The fourth-order valence-corrected chi connectivity index (χ4v) is 2.85. The number of rotatable bonds is 6. The standard InChI is InChI=1S/C16H17NO2S/c17-10-12-5-7-15(8-6-12)20-11-14-4-2-1-3-13(14)9-16(18)19/h1-8H,9-11,17H2,(H,18,19). The van der Waals surface area contributed by atoms with Crippen LogP contribution in [0, 0.1) is 0 Å². The van der Waals surface area contributed by atoms with E-state index in [1.165, 1.54) is 0 Å². The Bertz CT molecular complexity index is 581. The van der Waals surface area contributed by atoms with Gasteiger partial charge in [-0.25, -0.2) is 0 Å². The molecular formula is C16H17NO2S. The number of nitrogens with two attached hydrogens (primary N) is 1. The second-order valence-electron chi connectivity index (χ2n) is 4.48. The second kappa shape index (κ2) is 7.12. The fourth-order valence-electron chi connectivity index (χ4n) is 1.92. The number of carboxylic acids is 1. The molecule has 0 saturated heterocycles. The first-order chi connectivity index (χ1) is 9.69. The molecule has 0 aliphatic heterocycles. The molecule has 0 atom stereocenters. The van der Waals surface area contributed by atoms with Crippen LogP contribution in [0.25, 0.3) is 0 Å². The summed E-state index contributed by atoms with van der Waals surface area (Å²) in [6, 6.07) is 15.8. The van der Waals surface area contributed by atoms with Gasteiger partial charge in [0.15, 0.2) is 0 Å². The van der Waals surface area contributed by atoms with E-state index in [0.29, 0.717) is 6.54 Å². The van der Waals surface area contributed by atoms with Gasteiger partial charge >= 0.3 is 5.97 Å². The van der Waals surface area contributed by atoms with Gasteiger partial charge in [0.1, 0.15) is 0 Å². The maximum Gasteiger partial charge on any atom is 0.307 e. The molecule has 0 spiro atoms. The van der Waals surface area contributed by atoms with Crippen LogP contribution >= 0.6 is 11.8 Å². The molecule has 2 aromatic rings. The number of hydrogen-bond acceptors (Lipinski definition) is 3. The van der Waals surface area contributed by atoms with Gasteiger partial charge in [0.2, 0.25) is 0 Å². The molecule has 0 aliphatic carbocycles. The van der Waals surface area contributed by atoms with Crippen molar-refractivity contribution in [2.45, 2.75) is 23.6 Å². The molecule has 0 aromatic heterocycles. The molecule has 20 heavy (non-hydrogen) atoms. The molecule has 2 rings (SSSR count). The molecule has 3 N–H and O–H groups in total. The van der Waals surface area contributed by atoms with E-state index in [1.54, 1.807) is 11.8 Å². The summed E-state index contributed by atoms with van der Waals surface area (Å²) in [6.45, 7) is 0.548. The van der Waals surface area contributed by atoms with E-state index in [-0.39, 0.29) is 6.42 Å². The molecule has 0 amide bonds. The van der Waals surface area contributed by atoms with Crippen LogP contribution in [0.1, 0.15) is 16.7 Å². The third kappa shape index (κ3) is 4.11. The summed E-state index contributed by atoms with van der Waals surface area (Å²) in [7, 11) is 0. The first-order valence-electron chi connectivity index (χ1n) is 6.39. The third-order valence-electron chi connectivity index (χ3n) is 3.01. The molecule has 3 nitrogen and oxygen atoms in total. The van der Waals surface area contributed by atoms with E-state index in [0.717, 1.165) is 27.3 Å². The lowest BCUT2D eigenvalue weighted by Crippen LogP contribution is -2.02. The van der Waals surface area contributed by atoms with E-state index >= 15 is 0 Å². The van der Waals surface area contributed by atoms with Gasteiger partial charge in [-0.2, -0.15) is 0 Å². The van der Waals surface area contributed by atoms with Crippen molar-refractivity contribution in [3.8, 4) is 0 Å². The van der Waals surface area contributed by atoms with Crippen LogP contribution in [-0.2, 0) is 23.5 Å². The summed E-state index contributed by atoms with van der Waals surface area (Å²) < 4.78 is 0. The molecule has 0 unspecified atom stereocenters. The summed E-state index contributed by atoms with van der Waals surface area (Å²) in [5, 5.41) is 8.92. The van der Waals surface area contributed by atoms with Crippen LogP contribution < -0.4 is 5.73 Å². The minimum Gasteiger partial charge on any atom is -0.481 e. The van der Waals surface area contributed by atoms with Gasteiger partial charge in [-0.15, -0.1) is 11.8 Å². The van der Waals surface area contributed by atoms with Gasteiger partial charge in [0.05, 0.1) is 6.42 Å². The van der Waals surface area contributed by atoms with Crippen molar-refractivity contribution in [1.82, 2.24) is 0 Å². The Morgan fingerprint density at radius 2 is 1.70 bits per heavy atom. The minimum absolute atomic E-state index is 0.0723. The average Bonchev–Trinajstić information content (AvgIpc) is 2.46. The normalized spacial score (nSPS) is 10.4. The van der Waals surface area contributed by atoms with Crippen LogP contribution in [0.2, 0.25) is 0 Å². The molecule has 0 fully saturated rings. The zero-order valence-corrected chi connectivity index (χ0v) is 11.9. The highest BCUT2D eigenvalue weighted by molar-refractivity contribution is 7.98. The first kappa shape index (κ1) is 14.6. The molecule has 0 heterocycles. The summed E-state index contributed by atoms with van der Waals surface area (Å²) >= 11 is 1.70. The van der Waals surface area contributed by atoms with Crippen LogP contribution in [0.5, 0.6) is 0 Å². The second-order valence-corrected chi connectivity index (χ2v) is 5.52. The first-order valence-corrected chi connectivity index (χ1v) is 7.38. The lowest BCUT2D eigenvalue weighted by Gasteiger charge is -2.08. The number of carboxylic acid groups (broad SMARTS) is 1. The lowest BCUT2D eigenvalue weighted by molar-refractivity contribution is -0.136. The smallest absolute Gasteiger partial charge is 0.307 e. The van der Waals surface area contributed by atoms with Crippen molar-refractivity contribution in [3.63, 3.8) is 0 Å². The SMILES string of the molecule is NCc1ccc(SCc2ccccc2CC(=O)O)cc1. The predicted molar refractivity (Wildman–Crippen MR) is 81.7 cm³/mol. The highest BCUT2D eigenvalue weighted by Gasteiger charge is 2.06. The van der Waals surface area contributed by atoms with E-state index < -0.39 is 5.97 Å². The van der Waals surface area contributed by atoms with E-state index in [9.17, 15) is 4.79 Å². The lowest BCUT2D eigenvalue weighted by atomic mass is 10.1. The molecule has 4 heteroatoms. The quantitative estimate of drug-likeness (QED) is 0.801. The maximum absolute atomic E-state index is 10.8. The maximum atomic E-state index is 10.8. The Morgan fingerprint density at radius 1 is 1.05 bits per heavy atom. The van der Waals surface area contributed by atoms with Crippen molar-refractivity contribution in [2.24, 2.45) is 5.73 Å². The van der Waals surface area contributed by atoms with E-state index in [1.807, 2.05) is 48.5 Å². The zero-order valence-electron chi connectivity index (χ0n) is 11.1. The van der Waals surface area contributed by atoms with E-state index in [4.69, 9.17) is 10.8 Å². The fraction of sp³-hybridized carbons (Fsp3) is 0.188. The van der Waals surface area contributed by atoms with Gasteiger partial charge in [-0.05, 0) is 28.8 Å². The molecule has 104 valence electrons. The molecule has 2 aromatic carbocycles. The van der Waals surface area contributed by atoms with Gasteiger partial charge in [0, 0.05) is 17.2 Å². The topological polar surface area (TPSA) is 63.3 Å². The number of carbonyl (C=O) groups is 1. The highest BCUT2D eigenvalue weighted by Crippen LogP contribution is 2.25. The van der Waals surface area contributed by atoms with Crippen molar-refractivity contribution >= 4 is 17.7 Å². The average molecular weight is 287 g/mol. The van der Waals surface area contributed by atoms with Gasteiger partial charge < -0.3 is 10.8 Å². The zero-order chi connectivity index (χ0) is 14.4. The molecular weight excluding hydrogens is 270 g/mol. The van der Waals surface area contributed by atoms with Gasteiger partial charge in [0.25, 0.3) is 0 Å². The Balaban J connectivity index is 2.04. The molecule has 0 radical (unpaired) electrons. The third-order valence-corrected chi connectivity index (χ3v) is 4.07. The van der Waals surface area contributed by atoms with Gasteiger partial charge in [-0.3, -0.25) is 4.79 Å².